The fraction of sp³-hybridized carbons (Fsp3) is 0.750. The highest BCUT2D eigenvalue weighted by atomic mass is 16.3. The predicted molar refractivity (Wildman–Crippen MR) is 23.8 cm³/mol. The van der Waals surface area contributed by atoms with E-state index in [0.717, 1.165) is 0 Å². The summed E-state index contributed by atoms with van der Waals surface area (Å²) in [7, 11) is 0. The minimum atomic E-state index is -1.22. The molecule has 0 aromatic heterocycles. The first-order valence-corrected chi connectivity index (χ1v) is 2.00. The molecule has 7 heavy (non-hydrogen) atoms. The van der Waals surface area contributed by atoms with Crippen LogP contribution in [0.25, 0.3) is 0 Å². The van der Waals surface area contributed by atoms with Crippen LogP contribution in [-0.2, 0) is 4.79 Å². The van der Waals surface area contributed by atoms with E-state index in [9.17, 15) is 4.79 Å². The lowest BCUT2D eigenvalue weighted by molar-refractivity contribution is -0.119. The van der Waals surface area contributed by atoms with Gasteiger partial charge in [0.1, 0.15) is 6.10 Å². The molecule has 0 rings (SSSR count). The van der Waals surface area contributed by atoms with Crippen LogP contribution < -0.4 is 0 Å². The monoisotopic (exact) mass is 104 g/mol. The number of aliphatic hydroxyl groups is 2. The summed E-state index contributed by atoms with van der Waals surface area (Å²) in [5.74, 6) is 0. The molecular weight excluding hydrogens is 96.0 g/mol. The maximum Gasteiger partial charge on any atom is 0.151 e. The highest BCUT2D eigenvalue weighted by Gasteiger charge is 2.06. The SMILES string of the molecule is C[C@H](O)[C@@H](O)C=O. The topological polar surface area (TPSA) is 57.5 Å². The number of aliphatic hydroxyl groups excluding tert-OH is 2. The lowest BCUT2D eigenvalue weighted by atomic mass is 10.3. The van der Waals surface area contributed by atoms with Crippen molar-refractivity contribution in [1.82, 2.24) is 0 Å². The Bertz CT molecular complexity index is 60.0. The molecule has 0 aliphatic carbocycles. The normalized spacial score (nSPS) is 18.1. The molecule has 0 unspecified atom stereocenters. The molecule has 0 heterocycles. The molecule has 0 fully saturated rings. The van der Waals surface area contributed by atoms with Crippen LogP contribution in [0.15, 0.2) is 0 Å². The van der Waals surface area contributed by atoms with Gasteiger partial charge < -0.3 is 15.0 Å². The van der Waals surface area contributed by atoms with Crippen LogP contribution in [0, 0.1) is 0 Å². The first-order chi connectivity index (χ1) is 3.18. The Morgan fingerprint density at radius 1 is 1.57 bits per heavy atom. The number of hydrogen-bond acceptors (Lipinski definition) is 3. The van der Waals surface area contributed by atoms with Crippen molar-refractivity contribution in [1.29, 1.82) is 0 Å². The third-order valence-corrected chi connectivity index (χ3v) is 0.634. The maximum atomic E-state index is 9.54. The highest BCUT2D eigenvalue weighted by Crippen LogP contribution is 1.83. The quantitative estimate of drug-likeness (QED) is 0.438. The van der Waals surface area contributed by atoms with E-state index in [0.29, 0.717) is 6.29 Å². The number of aldehydes is 1. The molecular formula is C4H8O3. The van der Waals surface area contributed by atoms with Crippen LogP contribution in [0.4, 0.5) is 0 Å². The summed E-state index contributed by atoms with van der Waals surface area (Å²) in [4.78, 5) is 9.54. The molecule has 3 nitrogen and oxygen atoms in total. The van der Waals surface area contributed by atoms with Gasteiger partial charge in [0.2, 0.25) is 0 Å². The molecule has 2 atom stereocenters. The Hall–Kier alpha value is -0.410. The Balaban J connectivity index is 3.33. The Morgan fingerprint density at radius 2 is 2.00 bits per heavy atom. The van der Waals surface area contributed by atoms with E-state index >= 15 is 0 Å². The van der Waals surface area contributed by atoms with Crippen molar-refractivity contribution >= 4 is 6.29 Å². The smallest absolute Gasteiger partial charge is 0.151 e. The summed E-state index contributed by atoms with van der Waals surface area (Å²) in [6.07, 6.45) is -1.87. The molecule has 0 saturated carbocycles. The second-order valence-corrected chi connectivity index (χ2v) is 1.37. The summed E-state index contributed by atoms with van der Waals surface area (Å²) >= 11 is 0. The van der Waals surface area contributed by atoms with Gasteiger partial charge in [-0.1, -0.05) is 0 Å². The predicted octanol–water partition coefficient (Wildman–Crippen LogP) is -1.07. The minimum absolute atomic E-state index is 0.296. The van der Waals surface area contributed by atoms with Crippen molar-refractivity contribution in [3.8, 4) is 0 Å². The van der Waals surface area contributed by atoms with Crippen LogP contribution >= 0.6 is 0 Å². The molecule has 0 aromatic rings. The summed E-state index contributed by atoms with van der Waals surface area (Å²) in [6.45, 7) is 1.35. The number of hydrogen-bond donors (Lipinski definition) is 2. The highest BCUT2D eigenvalue weighted by molar-refractivity contribution is 5.56. The standard InChI is InChI=1S/C4H8O3/c1-3(6)4(7)2-5/h2-4,6-7H,1H3/t3-,4-/m0/s1. The van der Waals surface area contributed by atoms with Gasteiger partial charge in [0.25, 0.3) is 0 Å². The molecule has 0 saturated heterocycles. The van der Waals surface area contributed by atoms with E-state index in [1.165, 1.54) is 6.92 Å². The Morgan fingerprint density at radius 3 is 2.00 bits per heavy atom. The summed E-state index contributed by atoms with van der Waals surface area (Å²) in [6, 6.07) is 0. The van der Waals surface area contributed by atoms with Crippen molar-refractivity contribution in [3.05, 3.63) is 0 Å². The van der Waals surface area contributed by atoms with E-state index in [-0.39, 0.29) is 0 Å². The second-order valence-electron chi connectivity index (χ2n) is 1.37. The van der Waals surface area contributed by atoms with Crippen LogP contribution in [0.1, 0.15) is 6.92 Å². The van der Waals surface area contributed by atoms with E-state index < -0.39 is 12.2 Å². The molecule has 0 aromatic carbocycles. The molecule has 0 radical (unpaired) electrons. The van der Waals surface area contributed by atoms with Crippen LogP contribution in [0.2, 0.25) is 0 Å². The lowest BCUT2D eigenvalue weighted by Gasteiger charge is -2.02. The third kappa shape index (κ3) is 2.31. The van der Waals surface area contributed by atoms with Gasteiger partial charge >= 0.3 is 0 Å². The number of rotatable bonds is 2. The van der Waals surface area contributed by atoms with Gasteiger partial charge in [-0.3, -0.25) is 0 Å². The first kappa shape index (κ1) is 6.59. The summed E-state index contributed by atoms with van der Waals surface area (Å²) in [5.41, 5.74) is 0. The fourth-order valence-corrected chi connectivity index (χ4v) is 0.114. The van der Waals surface area contributed by atoms with Crippen LogP contribution in [0.3, 0.4) is 0 Å². The average molecular weight is 104 g/mol. The summed E-state index contributed by atoms with van der Waals surface area (Å²) < 4.78 is 0. The van der Waals surface area contributed by atoms with E-state index in [2.05, 4.69) is 0 Å². The van der Waals surface area contributed by atoms with E-state index in [1.807, 2.05) is 0 Å². The Labute approximate surface area is 41.6 Å². The molecule has 0 aliphatic rings. The molecule has 0 bridgehead atoms. The van der Waals surface area contributed by atoms with Crippen LogP contribution in [-0.4, -0.2) is 28.7 Å². The second kappa shape index (κ2) is 2.71. The van der Waals surface area contributed by atoms with Gasteiger partial charge in [0.15, 0.2) is 6.29 Å². The zero-order valence-electron chi connectivity index (χ0n) is 4.03. The third-order valence-electron chi connectivity index (χ3n) is 0.634. The molecule has 2 N–H and O–H groups in total. The molecule has 0 aliphatic heterocycles. The molecule has 0 amide bonds. The zero-order chi connectivity index (χ0) is 5.86. The van der Waals surface area contributed by atoms with Gasteiger partial charge in [-0.2, -0.15) is 0 Å². The number of carbonyl (C=O) groups excluding carboxylic acids is 1. The molecule has 42 valence electrons. The van der Waals surface area contributed by atoms with Crippen molar-refractivity contribution in [2.75, 3.05) is 0 Å². The summed E-state index contributed by atoms with van der Waals surface area (Å²) in [5, 5.41) is 16.7. The average Bonchev–Trinajstić information content (AvgIpc) is 1.65. The first-order valence-electron chi connectivity index (χ1n) is 2.00. The Kier molecular flexibility index (Phi) is 2.55. The van der Waals surface area contributed by atoms with Crippen molar-refractivity contribution in [3.63, 3.8) is 0 Å². The largest absolute Gasteiger partial charge is 0.390 e. The van der Waals surface area contributed by atoms with Gasteiger partial charge in [-0.25, -0.2) is 0 Å². The van der Waals surface area contributed by atoms with Gasteiger partial charge in [0.05, 0.1) is 6.10 Å². The minimum Gasteiger partial charge on any atom is -0.390 e. The number of carbonyl (C=O) groups is 1. The van der Waals surface area contributed by atoms with Gasteiger partial charge in [-0.05, 0) is 6.92 Å². The molecule has 0 spiro atoms. The zero-order valence-corrected chi connectivity index (χ0v) is 4.03. The van der Waals surface area contributed by atoms with Crippen LogP contribution in [0.5, 0.6) is 0 Å². The van der Waals surface area contributed by atoms with Gasteiger partial charge in [0, 0.05) is 0 Å². The molecule has 3 heteroatoms. The van der Waals surface area contributed by atoms with E-state index in [1.54, 1.807) is 0 Å². The van der Waals surface area contributed by atoms with Crippen molar-refractivity contribution in [2.45, 2.75) is 19.1 Å². The van der Waals surface area contributed by atoms with Crippen molar-refractivity contribution < 1.29 is 15.0 Å². The van der Waals surface area contributed by atoms with E-state index in [4.69, 9.17) is 10.2 Å². The van der Waals surface area contributed by atoms with Crippen molar-refractivity contribution in [2.24, 2.45) is 0 Å². The fourth-order valence-electron chi connectivity index (χ4n) is 0.114. The van der Waals surface area contributed by atoms with Gasteiger partial charge in [-0.15, -0.1) is 0 Å². The lowest BCUT2D eigenvalue weighted by Crippen LogP contribution is -2.23. The maximum absolute atomic E-state index is 9.54.